The van der Waals surface area contributed by atoms with E-state index in [1.165, 1.54) is 11.1 Å². The highest BCUT2D eigenvalue weighted by Gasteiger charge is 2.67. The predicted molar refractivity (Wildman–Crippen MR) is 113 cm³/mol. The molecule has 3 heteroatoms. The number of carbonyl (C=O) groups is 1. The van der Waals surface area contributed by atoms with E-state index in [1.807, 2.05) is 12.3 Å². The molecule has 0 spiro atoms. The molecule has 0 aromatic carbocycles. The number of carbonyl (C=O) groups excluding carboxylic acids is 1. The molecule has 7 atom stereocenters. The summed E-state index contributed by atoms with van der Waals surface area (Å²) in [4.78, 5) is 12.7. The molecule has 1 aromatic heterocycles. The van der Waals surface area contributed by atoms with Crippen molar-refractivity contribution in [3.63, 3.8) is 0 Å². The average Bonchev–Trinajstić information content (AvgIpc) is 3.29. The molecule has 156 valence electrons. The molecule has 1 N–H and O–H groups in total. The molecule has 0 unspecified atom stereocenters. The molecule has 4 aliphatic carbocycles. The third kappa shape index (κ3) is 2.20. The number of fused-ring (bicyclic) bond motifs is 5. The van der Waals surface area contributed by atoms with Gasteiger partial charge < -0.3 is 9.52 Å². The lowest BCUT2D eigenvalue weighted by Crippen LogP contribution is -2.63. The van der Waals surface area contributed by atoms with E-state index in [2.05, 4.69) is 52.8 Å². The summed E-state index contributed by atoms with van der Waals surface area (Å²) in [6.07, 6.45) is 13.6. The maximum Gasteiger partial charge on any atom is 0.161 e. The van der Waals surface area contributed by atoms with Crippen molar-refractivity contribution in [2.24, 2.45) is 33.5 Å². The largest absolute Gasteiger partial charge is 0.472 e. The lowest BCUT2D eigenvalue weighted by Gasteiger charge is -2.66. The third-order valence-corrected chi connectivity index (χ3v) is 9.90. The first-order chi connectivity index (χ1) is 13.6. The molecular weight excluding hydrogens is 360 g/mol. The number of hydrogen-bond acceptors (Lipinski definition) is 3. The second-order valence-electron chi connectivity index (χ2n) is 11.3. The highest BCUT2D eigenvalue weighted by atomic mass is 16.3. The second kappa shape index (κ2) is 5.75. The maximum absolute atomic E-state index is 12.7. The van der Waals surface area contributed by atoms with Gasteiger partial charge in [0, 0.05) is 10.8 Å². The Morgan fingerprint density at radius 2 is 1.90 bits per heavy atom. The summed E-state index contributed by atoms with van der Waals surface area (Å²) in [6.45, 7) is 11.2. The minimum Gasteiger partial charge on any atom is -0.472 e. The highest BCUT2D eigenvalue weighted by molar-refractivity contribution is 5.95. The van der Waals surface area contributed by atoms with Crippen molar-refractivity contribution >= 4 is 5.78 Å². The van der Waals surface area contributed by atoms with Gasteiger partial charge in [-0.15, -0.1) is 0 Å². The maximum atomic E-state index is 12.7. The normalized spacial score (nSPS) is 47.9. The topological polar surface area (TPSA) is 50.4 Å². The minimum atomic E-state index is -0.421. The van der Waals surface area contributed by atoms with Gasteiger partial charge in [-0.3, -0.25) is 4.79 Å². The fourth-order valence-electron chi connectivity index (χ4n) is 8.25. The van der Waals surface area contributed by atoms with Crippen LogP contribution in [0.25, 0.3) is 0 Å². The van der Waals surface area contributed by atoms with Crippen LogP contribution in [0.15, 0.2) is 46.8 Å². The summed E-state index contributed by atoms with van der Waals surface area (Å²) in [7, 11) is 0. The smallest absolute Gasteiger partial charge is 0.161 e. The highest BCUT2D eigenvalue weighted by Crippen LogP contribution is 2.72. The van der Waals surface area contributed by atoms with Gasteiger partial charge in [-0.05, 0) is 72.0 Å². The van der Waals surface area contributed by atoms with Gasteiger partial charge in [-0.25, -0.2) is 0 Å². The Labute approximate surface area is 174 Å². The zero-order valence-corrected chi connectivity index (χ0v) is 18.4. The summed E-state index contributed by atoms with van der Waals surface area (Å²) < 4.78 is 5.41. The molecule has 2 saturated carbocycles. The van der Waals surface area contributed by atoms with Gasteiger partial charge in [-0.2, -0.15) is 0 Å². The first kappa shape index (κ1) is 19.4. The Morgan fingerprint density at radius 3 is 2.59 bits per heavy atom. The molecule has 1 aromatic rings. The molecular formula is C26H34O3. The van der Waals surface area contributed by atoms with Crippen LogP contribution in [0.4, 0.5) is 0 Å². The van der Waals surface area contributed by atoms with Crippen molar-refractivity contribution < 1.29 is 14.3 Å². The van der Waals surface area contributed by atoms with Crippen molar-refractivity contribution in [3.8, 4) is 0 Å². The quantitative estimate of drug-likeness (QED) is 0.625. The molecule has 0 amide bonds. The Hall–Kier alpha value is -1.61. The van der Waals surface area contributed by atoms with E-state index in [0.29, 0.717) is 18.3 Å². The van der Waals surface area contributed by atoms with Crippen molar-refractivity contribution in [2.45, 2.75) is 72.3 Å². The van der Waals surface area contributed by atoms with Gasteiger partial charge in [0.2, 0.25) is 0 Å². The number of furan rings is 1. The molecule has 0 aliphatic heterocycles. The summed E-state index contributed by atoms with van der Waals surface area (Å²) in [5, 5.41) is 11.6. The lowest BCUT2D eigenvalue weighted by atomic mass is 9.38. The molecule has 5 rings (SSSR count). The first-order valence-corrected chi connectivity index (χ1v) is 11.2. The van der Waals surface area contributed by atoms with Crippen molar-refractivity contribution in [1.82, 2.24) is 0 Å². The molecule has 2 fully saturated rings. The van der Waals surface area contributed by atoms with Crippen LogP contribution in [0.2, 0.25) is 0 Å². The van der Waals surface area contributed by atoms with Crippen molar-refractivity contribution in [3.05, 3.63) is 48.0 Å². The van der Waals surface area contributed by atoms with Crippen LogP contribution in [0.3, 0.4) is 0 Å². The summed E-state index contributed by atoms with van der Waals surface area (Å²) in [5.41, 5.74) is 2.04. The predicted octanol–water partition coefficient (Wildman–Crippen LogP) is 5.67. The standard InChI is InChI=1S/C26H34O3/c1-23(2)20-14-22(28)26(5)18-7-6-17(16-10-13-29-15-16)24(18,3)11-8-19(26)25(20,4)12-9-21(23)27/h7,9-10,12-13,15,17,19-20,22,28H,6,8,11,14H2,1-5H3/t17-,19-,20+,22-,24+,25+,26-/m1/s1. The van der Waals surface area contributed by atoms with E-state index < -0.39 is 11.5 Å². The number of ketones is 1. The van der Waals surface area contributed by atoms with Crippen LogP contribution in [0.5, 0.6) is 0 Å². The van der Waals surface area contributed by atoms with Crippen LogP contribution in [-0.4, -0.2) is 17.0 Å². The second-order valence-corrected chi connectivity index (χ2v) is 11.3. The Kier molecular flexibility index (Phi) is 3.84. The van der Waals surface area contributed by atoms with Gasteiger partial charge in [-0.1, -0.05) is 52.3 Å². The van der Waals surface area contributed by atoms with Gasteiger partial charge in [0.15, 0.2) is 5.78 Å². The van der Waals surface area contributed by atoms with E-state index in [4.69, 9.17) is 4.42 Å². The third-order valence-electron chi connectivity index (χ3n) is 9.90. The van der Waals surface area contributed by atoms with E-state index >= 15 is 0 Å². The molecule has 0 radical (unpaired) electrons. The van der Waals surface area contributed by atoms with E-state index in [-0.39, 0.29) is 27.9 Å². The van der Waals surface area contributed by atoms with Crippen LogP contribution in [0, 0.1) is 33.5 Å². The van der Waals surface area contributed by atoms with E-state index in [9.17, 15) is 9.90 Å². The fraction of sp³-hybridized carbons (Fsp3) is 0.654. The van der Waals surface area contributed by atoms with Crippen LogP contribution < -0.4 is 0 Å². The number of hydrogen-bond donors (Lipinski definition) is 1. The summed E-state index contributed by atoms with van der Waals surface area (Å²) in [6, 6.07) is 2.10. The van der Waals surface area contributed by atoms with Crippen LogP contribution in [0.1, 0.15) is 71.8 Å². The van der Waals surface area contributed by atoms with Gasteiger partial charge in [0.25, 0.3) is 0 Å². The zero-order chi connectivity index (χ0) is 20.8. The van der Waals surface area contributed by atoms with E-state index in [0.717, 1.165) is 19.3 Å². The monoisotopic (exact) mass is 394 g/mol. The summed E-state index contributed by atoms with van der Waals surface area (Å²) in [5.74, 6) is 1.15. The van der Waals surface area contributed by atoms with Crippen LogP contribution >= 0.6 is 0 Å². The number of rotatable bonds is 1. The molecule has 0 bridgehead atoms. The van der Waals surface area contributed by atoms with Crippen molar-refractivity contribution in [2.75, 3.05) is 0 Å². The number of aliphatic hydroxyl groups is 1. The Bertz CT molecular complexity index is 906. The molecule has 1 heterocycles. The SMILES string of the molecule is CC1(C)C(=O)C=C[C@@]2(C)[C@H]3CC[C@]4(C)C(=CC[C@@H]4c4ccoc4)[C@@]3(C)[C@H](O)C[C@@H]12. The molecule has 29 heavy (non-hydrogen) atoms. The minimum absolute atomic E-state index is 0.0585. The van der Waals surface area contributed by atoms with Gasteiger partial charge >= 0.3 is 0 Å². The molecule has 3 nitrogen and oxygen atoms in total. The van der Waals surface area contributed by atoms with Gasteiger partial charge in [0.1, 0.15) is 0 Å². The Morgan fingerprint density at radius 1 is 1.14 bits per heavy atom. The average molecular weight is 395 g/mol. The van der Waals surface area contributed by atoms with Gasteiger partial charge in [0.05, 0.1) is 18.6 Å². The van der Waals surface area contributed by atoms with Crippen molar-refractivity contribution in [1.29, 1.82) is 0 Å². The van der Waals surface area contributed by atoms with Crippen LogP contribution in [-0.2, 0) is 4.79 Å². The van der Waals surface area contributed by atoms with E-state index in [1.54, 1.807) is 6.26 Å². The number of aliphatic hydroxyl groups excluding tert-OH is 1. The summed E-state index contributed by atoms with van der Waals surface area (Å²) >= 11 is 0. The number of allylic oxidation sites excluding steroid dienone is 3. The Balaban J connectivity index is 1.60. The fourth-order valence-corrected chi connectivity index (χ4v) is 8.25. The first-order valence-electron chi connectivity index (χ1n) is 11.2. The zero-order valence-electron chi connectivity index (χ0n) is 18.4. The lowest BCUT2D eigenvalue weighted by molar-refractivity contribution is -0.163. The molecule has 0 saturated heterocycles. The molecule has 4 aliphatic rings.